The minimum atomic E-state index is 0.803. The topological polar surface area (TPSA) is 35.6 Å². The predicted octanol–water partition coefficient (Wildman–Crippen LogP) is 9.67. The minimum absolute atomic E-state index is 0.803. The zero-order valence-corrected chi connectivity index (χ0v) is 23.7. The van der Waals surface area contributed by atoms with Crippen LogP contribution in [-0.4, -0.2) is 19.3 Å². The van der Waals surface area contributed by atoms with Gasteiger partial charge < -0.3 is 4.57 Å². The zero-order chi connectivity index (χ0) is 28.8. The quantitative estimate of drug-likeness (QED) is 0.213. The fourth-order valence-electron chi connectivity index (χ4n) is 6.13. The molecule has 0 aliphatic rings. The van der Waals surface area contributed by atoms with E-state index in [0.29, 0.717) is 0 Å². The predicted molar refractivity (Wildman–Crippen MR) is 177 cm³/mol. The standard InChI is InChI=1S/C39H28N4/c1-27-12-5-6-17-33(27)39-41-40-38(43(39)32-16-11-15-30(26-32)28-13-3-2-4-14-28)29-22-24-31(25-23-29)42-36-20-9-7-18-34(36)35-19-8-10-21-37(35)42/h2-26H,1H3. The van der Waals surface area contributed by atoms with E-state index >= 15 is 0 Å². The highest BCUT2D eigenvalue weighted by atomic mass is 15.3. The van der Waals surface area contributed by atoms with Crippen LogP contribution in [0.15, 0.2) is 152 Å². The molecule has 0 saturated carbocycles. The smallest absolute Gasteiger partial charge is 0.169 e. The van der Waals surface area contributed by atoms with E-state index in [1.807, 2.05) is 6.07 Å². The summed E-state index contributed by atoms with van der Waals surface area (Å²) in [5, 5.41) is 12.1. The molecule has 0 spiro atoms. The van der Waals surface area contributed by atoms with Crippen LogP contribution < -0.4 is 0 Å². The van der Waals surface area contributed by atoms with Crippen LogP contribution in [-0.2, 0) is 0 Å². The van der Waals surface area contributed by atoms with Crippen molar-refractivity contribution in [2.45, 2.75) is 6.92 Å². The van der Waals surface area contributed by atoms with E-state index < -0.39 is 0 Å². The second-order valence-corrected chi connectivity index (χ2v) is 10.8. The summed E-state index contributed by atoms with van der Waals surface area (Å²) in [6, 6.07) is 53.3. The number of fused-ring (bicyclic) bond motifs is 3. The lowest BCUT2D eigenvalue weighted by atomic mass is 10.0. The highest BCUT2D eigenvalue weighted by molar-refractivity contribution is 6.09. The van der Waals surface area contributed by atoms with E-state index in [1.54, 1.807) is 0 Å². The van der Waals surface area contributed by atoms with Crippen molar-refractivity contribution in [1.82, 2.24) is 19.3 Å². The molecule has 2 aromatic heterocycles. The van der Waals surface area contributed by atoms with Gasteiger partial charge in [-0.2, -0.15) is 0 Å². The Morgan fingerprint density at radius 2 is 1.02 bits per heavy atom. The average molecular weight is 553 g/mol. The van der Waals surface area contributed by atoms with Gasteiger partial charge in [-0.3, -0.25) is 4.57 Å². The first-order valence-corrected chi connectivity index (χ1v) is 14.5. The Bertz CT molecular complexity index is 2180. The zero-order valence-electron chi connectivity index (χ0n) is 23.7. The van der Waals surface area contributed by atoms with Crippen molar-refractivity contribution < 1.29 is 0 Å². The number of para-hydroxylation sites is 2. The second-order valence-electron chi connectivity index (χ2n) is 10.8. The van der Waals surface area contributed by atoms with Crippen molar-refractivity contribution in [2.24, 2.45) is 0 Å². The first kappa shape index (κ1) is 25.0. The molecule has 4 heteroatoms. The molecule has 8 aromatic rings. The van der Waals surface area contributed by atoms with E-state index in [4.69, 9.17) is 10.2 Å². The Hall–Kier alpha value is -5.74. The van der Waals surface area contributed by atoms with Crippen molar-refractivity contribution in [3.05, 3.63) is 157 Å². The Morgan fingerprint density at radius 3 is 1.74 bits per heavy atom. The van der Waals surface area contributed by atoms with Crippen LogP contribution in [0.3, 0.4) is 0 Å². The molecule has 6 aromatic carbocycles. The lowest BCUT2D eigenvalue weighted by Gasteiger charge is -2.14. The largest absolute Gasteiger partial charge is 0.309 e. The molecule has 0 N–H and O–H groups in total. The fourth-order valence-corrected chi connectivity index (χ4v) is 6.13. The number of hydrogen-bond acceptors (Lipinski definition) is 2. The Kier molecular flexibility index (Phi) is 5.97. The number of nitrogens with zero attached hydrogens (tertiary/aromatic N) is 4. The first-order valence-electron chi connectivity index (χ1n) is 14.5. The molecular formula is C39H28N4. The van der Waals surface area contributed by atoms with Crippen LogP contribution in [0.25, 0.3) is 67.1 Å². The van der Waals surface area contributed by atoms with E-state index in [2.05, 4.69) is 162 Å². The van der Waals surface area contributed by atoms with Crippen LogP contribution in [0.2, 0.25) is 0 Å². The molecule has 0 radical (unpaired) electrons. The Balaban J connectivity index is 1.29. The van der Waals surface area contributed by atoms with Crippen LogP contribution in [0.4, 0.5) is 0 Å². The summed E-state index contributed by atoms with van der Waals surface area (Å²) in [5.41, 5.74) is 10.1. The number of benzene rings is 6. The number of rotatable bonds is 5. The van der Waals surface area contributed by atoms with E-state index in [1.165, 1.54) is 27.4 Å². The van der Waals surface area contributed by atoms with Gasteiger partial charge in [0.25, 0.3) is 0 Å². The molecule has 204 valence electrons. The summed E-state index contributed by atoms with van der Waals surface area (Å²) < 4.78 is 4.52. The molecule has 0 aliphatic carbocycles. The summed E-state index contributed by atoms with van der Waals surface area (Å²) in [6.45, 7) is 2.12. The summed E-state index contributed by atoms with van der Waals surface area (Å²) in [7, 11) is 0. The van der Waals surface area contributed by atoms with Gasteiger partial charge in [-0.25, -0.2) is 0 Å². The monoisotopic (exact) mass is 552 g/mol. The first-order chi connectivity index (χ1) is 21.3. The third-order valence-corrected chi connectivity index (χ3v) is 8.22. The normalized spacial score (nSPS) is 11.4. The molecule has 4 nitrogen and oxygen atoms in total. The van der Waals surface area contributed by atoms with Gasteiger partial charge in [-0.15, -0.1) is 10.2 Å². The second kappa shape index (κ2) is 10.3. The molecule has 0 amide bonds. The van der Waals surface area contributed by atoms with Crippen molar-refractivity contribution >= 4 is 21.8 Å². The van der Waals surface area contributed by atoms with Gasteiger partial charge in [-0.1, -0.05) is 103 Å². The molecule has 0 bridgehead atoms. The van der Waals surface area contributed by atoms with Gasteiger partial charge in [0.2, 0.25) is 0 Å². The molecule has 8 rings (SSSR count). The third kappa shape index (κ3) is 4.23. The van der Waals surface area contributed by atoms with Crippen molar-refractivity contribution in [1.29, 1.82) is 0 Å². The van der Waals surface area contributed by atoms with E-state index in [0.717, 1.165) is 45.3 Å². The molecule has 0 saturated heterocycles. The minimum Gasteiger partial charge on any atom is -0.309 e. The molecule has 0 fully saturated rings. The van der Waals surface area contributed by atoms with Crippen LogP contribution in [0.1, 0.15) is 5.56 Å². The molecule has 0 atom stereocenters. The van der Waals surface area contributed by atoms with E-state index in [-0.39, 0.29) is 0 Å². The highest BCUT2D eigenvalue weighted by Crippen LogP contribution is 2.35. The molecule has 0 unspecified atom stereocenters. The maximum atomic E-state index is 4.78. The van der Waals surface area contributed by atoms with Crippen molar-refractivity contribution in [3.63, 3.8) is 0 Å². The Morgan fingerprint density at radius 1 is 0.419 bits per heavy atom. The average Bonchev–Trinajstić information content (AvgIpc) is 3.66. The summed E-state index contributed by atoms with van der Waals surface area (Å²) in [5.74, 6) is 1.63. The lowest BCUT2D eigenvalue weighted by Crippen LogP contribution is -2.02. The van der Waals surface area contributed by atoms with Crippen LogP contribution >= 0.6 is 0 Å². The molecular weight excluding hydrogens is 524 g/mol. The summed E-state index contributed by atoms with van der Waals surface area (Å²) in [6.07, 6.45) is 0. The maximum absolute atomic E-state index is 4.78. The van der Waals surface area contributed by atoms with Crippen molar-refractivity contribution in [2.75, 3.05) is 0 Å². The van der Waals surface area contributed by atoms with Gasteiger partial charge in [0, 0.05) is 33.3 Å². The fraction of sp³-hybridized carbons (Fsp3) is 0.0256. The third-order valence-electron chi connectivity index (χ3n) is 8.22. The molecule has 0 aliphatic heterocycles. The van der Waals surface area contributed by atoms with Gasteiger partial charge in [0.1, 0.15) is 0 Å². The number of hydrogen-bond donors (Lipinski definition) is 0. The highest BCUT2D eigenvalue weighted by Gasteiger charge is 2.19. The Labute approximate surface area is 250 Å². The van der Waals surface area contributed by atoms with Crippen molar-refractivity contribution in [3.8, 4) is 45.3 Å². The van der Waals surface area contributed by atoms with Crippen LogP contribution in [0, 0.1) is 6.92 Å². The summed E-state index contributed by atoms with van der Waals surface area (Å²) in [4.78, 5) is 0. The summed E-state index contributed by atoms with van der Waals surface area (Å²) >= 11 is 0. The number of aromatic nitrogens is 4. The number of aryl methyl sites for hydroxylation is 1. The molecule has 43 heavy (non-hydrogen) atoms. The van der Waals surface area contributed by atoms with Gasteiger partial charge in [-0.05, 0) is 72.1 Å². The van der Waals surface area contributed by atoms with Gasteiger partial charge in [0.05, 0.1) is 11.0 Å². The lowest BCUT2D eigenvalue weighted by molar-refractivity contribution is 1.07. The van der Waals surface area contributed by atoms with Crippen LogP contribution in [0.5, 0.6) is 0 Å². The van der Waals surface area contributed by atoms with Gasteiger partial charge >= 0.3 is 0 Å². The van der Waals surface area contributed by atoms with E-state index in [9.17, 15) is 0 Å². The van der Waals surface area contributed by atoms with Gasteiger partial charge in [0.15, 0.2) is 11.6 Å². The maximum Gasteiger partial charge on any atom is 0.169 e. The molecule has 2 heterocycles. The SMILES string of the molecule is Cc1ccccc1-c1nnc(-c2ccc(-n3c4ccccc4c4ccccc43)cc2)n1-c1cccc(-c2ccccc2)c1.